The summed E-state index contributed by atoms with van der Waals surface area (Å²) in [6.45, 7) is 4.30. The number of rotatable bonds is 12. The van der Waals surface area contributed by atoms with Gasteiger partial charge >= 0.3 is 0 Å². The molecular weight excluding hydrogens is 432 g/mol. The predicted molar refractivity (Wildman–Crippen MR) is 147 cm³/mol. The Morgan fingerprint density at radius 2 is 1.09 bits per heavy atom. The lowest BCUT2D eigenvalue weighted by atomic mass is 9.77. The Bertz CT molecular complexity index is 1030. The van der Waals surface area contributed by atoms with Gasteiger partial charge in [-0.15, -0.1) is 0 Å². The van der Waals surface area contributed by atoms with Gasteiger partial charge in [0.25, 0.3) is 0 Å². The third-order valence-corrected chi connectivity index (χ3v) is 7.05. The molecule has 0 aromatic heterocycles. The minimum absolute atomic E-state index is 0.551. The lowest BCUT2D eigenvalue weighted by Gasteiger charge is -2.37. The van der Waals surface area contributed by atoms with Gasteiger partial charge in [-0.25, -0.2) is 5.43 Å². The number of nitrogens with one attached hydrogen (secondary N) is 2. The first-order valence-electron chi connectivity index (χ1n) is 11.8. The van der Waals surface area contributed by atoms with E-state index in [1.807, 2.05) is 11.8 Å². The Labute approximate surface area is 208 Å². The highest BCUT2D eigenvalue weighted by molar-refractivity contribution is 7.99. The molecule has 0 atom stereocenters. The van der Waals surface area contributed by atoms with Gasteiger partial charge in [0, 0.05) is 11.4 Å². The molecule has 0 aliphatic heterocycles. The van der Waals surface area contributed by atoms with Crippen molar-refractivity contribution < 1.29 is 0 Å². The highest BCUT2D eigenvalue weighted by Gasteiger charge is 2.36. The Morgan fingerprint density at radius 1 is 0.647 bits per heavy atom. The van der Waals surface area contributed by atoms with Gasteiger partial charge in [-0.2, -0.15) is 11.8 Å². The van der Waals surface area contributed by atoms with E-state index in [0.717, 1.165) is 30.0 Å². The van der Waals surface area contributed by atoms with Crippen LogP contribution in [0.2, 0.25) is 0 Å². The van der Waals surface area contributed by atoms with Crippen LogP contribution in [0, 0.1) is 0 Å². The van der Waals surface area contributed by atoms with Gasteiger partial charge in [-0.1, -0.05) is 128 Å². The summed E-state index contributed by atoms with van der Waals surface area (Å²) in [5.41, 5.74) is 12.5. The first kappa shape index (κ1) is 23.9. The highest BCUT2D eigenvalue weighted by Crippen LogP contribution is 2.36. The van der Waals surface area contributed by atoms with Crippen LogP contribution >= 0.6 is 11.8 Å². The maximum absolute atomic E-state index is 4.30. The fourth-order valence-electron chi connectivity index (χ4n) is 4.22. The molecule has 4 aromatic rings. The first-order chi connectivity index (χ1) is 16.8. The van der Waals surface area contributed by atoms with E-state index >= 15 is 0 Å². The molecule has 0 saturated carbocycles. The zero-order valence-corrected chi connectivity index (χ0v) is 20.3. The molecule has 3 heteroatoms. The molecule has 0 aliphatic rings. The molecule has 0 radical (unpaired) electrons. The largest absolute Gasteiger partial charge is 0.324 e. The van der Waals surface area contributed by atoms with Crippen molar-refractivity contribution in [1.82, 2.24) is 10.9 Å². The van der Waals surface area contributed by atoms with Crippen molar-refractivity contribution in [1.29, 1.82) is 0 Å². The molecular formula is C31H32N2S. The zero-order valence-electron chi connectivity index (χ0n) is 19.5. The molecule has 2 N–H and O–H groups in total. The Hall–Kier alpha value is -3.27. The highest BCUT2D eigenvalue weighted by atomic mass is 32.2. The Kier molecular flexibility index (Phi) is 8.61. The van der Waals surface area contributed by atoms with Crippen molar-refractivity contribution in [2.24, 2.45) is 0 Å². The standard InChI is InChI=1S/C31H32N2S/c1-26(25-34-24-14-17-27-15-6-2-7-16-27)32-33-31(28-18-8-3-9-19-28,29-20-10-4-11-21-29)30-22-12-5-13-23-30/h2-13,15-16,18-23,32-33H,1,14,17,24-25H2. The van der Waals surface area contributed by atoms with Crippen molar-refractivity contribution >= 4 is 11.8 Å². The first-order valence-corrected chi connectivity index (χ1v) is 12.9. The van der Waals surface area contributed by atoms with Crippen LogP contribution in [-0.2, 0) is 12.0 Å². The molecule has 0 fully saturated rings. The lowest BCUT2D eigenvalue weighted by Crippen LogP contribution is -2.51. The van der Waals surface area contributed by atoms with Crippen LogP contribution in [0.15, 0.2) is 134 Å². The van der Waals surface area contributed by atoms with E-state index in [-0.39, 0.29) is 0 Å². The molecule has 0 heterocycles. The van der Waals surface area contributed by atoms with Crippen molar-refractivity contribution in [3.05, 3.63) is 156 Å². The monoisotopic (exact) mass is 464 g/mol. The predicted octanol–water partition coefficient (Wildman–Crippen LogP) is 6.95. The number of thioether (sulfide) groups is 1. The van der Waals surface area contributed by atoms with E-state index in [1.165, 1.54) is 22.3 Å². The van der Waals surface area contributed by atoms with Crippen LogP contribution in [-0.4, -0.2) is 11.5 Å². The van der Waals surface area contributed by atoms with Crippen LogP contribution in [0.5, 0.6) is 0 Å². The van der Waals surface area contributed by atoms with Crippen molar-refractivity contribution in [2.75, 3.05) is 11.5 Å². The molecule has 0 aliphatic carbocycles. The summed E-state index contributed by atoms with van der Waals surface area (Å²) in [5.74, 6) is 1.97. The molecule has 0 saturated heterocycles. The number of hydrogen-bond acceptors (Lipinski definition) is 3. The quantitative estimate of drug-likeness (QED) is 0.135. The van der Waals surface area contributed by atoms with E-state index in [1.54, 1.807) is 0 Å². The van der Waals surface area contributed by atoms with Gasteiger partial charge < -0.3 is 5.43 Å². The molecule has 0 unspecified atom stereocenters. The molecule has 0 bridgehead atoms. The van der Waals surface area contributed by atoms with Crippen LogP contribution in [0.25, 0.3) is 0 Å². The van der Waals surface area contributed by atoms with Crippen molar-refractivity contribution in [2.45, 2.75) is 18.4 Å². The molecule has 4 rings (SSSR count). The van der Waals surface area contributed by atoms with Crippen molar-refractivity contribution in [3.63, 3.8) is 0 Å². The molecule has 172 valence electrons. The second-order valence-electron chi connectivity index (χ2n) is 8.34. The third kappa shape index (κ3) is 5.99. The maximum Gasteiger partial charge on any atom is 0.112 e. The summed E-state index contributed by atoms with van der Waals surface area (Å²) in [4.78, 5) is 0. The molecule has 4 aromatic carbocycles. The van der Waals surface area contributed by atoms with Gasteiger partial charge in [-0.05, 0) is 40.8 Å². The van der Waals surface area contributed by atoms with Crippen LogP contribution < -0.4 is 10.9 Å². The minimum atomic E-state index is -0.551. The second-order valence-corrected chi connectivity index (χ2v) is 9.45. The van der Waals surface area contributed by atoms with Gasteiger partial charge in [0.2, 0.25) is 0 Å². The minimum Gasteiger partial charge on any atom is -0.324 e. The molecule has 0 spiro atoms. The smallest absolute Gasteiger partial charge is 0.112 e. The summed E-state index contributed by atoms with van der Waals surface area (Å²) < 4.78 is 0. The fraction of sp³-hybridized carbons (Fsp3) is 0.161. The van der Waals surface area contributed by atoms with Crippen molar-refractivity contribution in [3.8, 4) is 0 Å². The SMILES string of the molecule is C=C(CSCCCc1ccccc1)NNC(c1ccccc1)(c1ccccc1)c1ccccc1. The topological polar surface area (TPSA) is 24.1 Å². The third-order valence-electron chi connectivity index (χ3n) is 5.92. The number of hydrazine groups is 1. The van der Waals surface area contributed by atoms with E-state index in [0.29, 0.717) is 0 Å². The van der Waals surface area contributed by atoms with E-state index in [9.17, 15) is 0 Å². The molecule has 0 amide bonds. The molecule has 34 heavy (non-hydrogen) atoms. The van der Waals surface area contributed by atoms with Crippen LogP contribution in [0.4, 0.5) is 0 Å². The summed E-state index contributed by atoms with van der Waals surface area (Å²) in [5, 5.41) is 0. The van der Waals surface area contributed by atoms with Gasteiger partial charge in [0.1, 0.15) is 5.54 Å². The van der Waals surface area contributed by atoms with E-state index in [2.05, 4.69) is 139 Å². The summed E-state index contributed by atoms with van der Waals surface area (Å²) in [6.07, 6.45) is 2.28. The van der Waals surface area contributed by atoms with Gasteiger partial charge in [0.15, 0.2) is 0 Å². The second kappa shape index (κ2) is 12.3. The van der Waals surface area contributed by atoms with E-state index < -0.39 is 5.54 Å². The number of aryl methyl sites for hydroxylation is 1. The Balaban J connectivity index is 1.46. The lowest BCUT2D eigenvalue weighted by molar-refractivity contribution is 0.424. The number of benzene rings is 4. The number of hydrogen-bond donors (Lipinski definition) is 2. The average molecular weight is 465 g/mol. The summed E-state index contributed by atoms with van der Waals surface area (Å²) in [6, 6.07) is 42.5. The summed E-state index contributed by atoms with van der Waals surface area (Å²) in [7, 11) is 0. The average Bonchev–Trinajstić information content (AvgIpc) is 2.91. The zero-order chi connectivity index (χ0) is 23.5. The molecule has 2 nitrogen and oxygen atoms in total. The van der Waals surface area contributed by atoms with Gasteiger partial charge in [0.05, 0.1) is 0 Å². The van der Waals surface area contributed by atoms with Gasteiger partial charge in [-0.3, -0.25) is 0 Å². The summed E-state index contributed by atoms with van der Waals surface area (Å²) >= 11 is 1.92. The van der Waals surface area contributed by atoms with Crippen LogP contribution in [0.1, 0.15) is 28.7 Å². The maximum atomic E-state index is 4.30. The fourth-order valence-corrected chi connectivity index (χ4v) is 5.03. The van der Waals surface area contributed by atoms with E-state index in [4.69, 9.17) is 0 Å². The normalized spacial score (nSPS) is 11.2. The van der Waals surface area contributed by atoms with Crippen LogP contribution in [0.3, 0.4) is 0 Å². The Morgan fingerprint density at radius 3 is 1.56 bits per heavy atom.